The molecule has 19 heavy (non-hydrogen) atoms. The van der Waals surface area contributed by atoms with Gasteiger partial charge in [-0.15, -0.1) is 0 Å². The van der Waals surface area contributed by atoms with Crippen molar-refractivity contribution in [2.24, 2.45) is 5.92 Å². The molecule has 2 heterocycles. The quantitative estimate of drug-likeness (QED) is 0.846. The molecule has 0 spiro atoms. The van der Waals surface area contributed by atoms with Gasteiger partial charge >= 0.3 is 0 Å². The predicted octanol–water partition coefficient (Wildman–Crippen LogP) is 3.70. The third-order valence-electron chi connectivity index (χ3n) is 3.69. The number of likely N-dealkylation sites (tertiary alicyclic amines) is 1. The average molecular weight is 261 g/mol. The molecule has 2 rings (SSSR count). The standard InChI is InChI=1S/C16H27N3/c1-4-9-17-16-8-7-14(11-18-16)15-6-5-10-19(15)12-13(2)3/h7-8,11,13,15H,4-6,9-10,12H2,1-3H3,(H,17,18)/t15-/m0/s1. The molecule has 0 aromatic carbocycles. The van der Waals surface area contributed by atoms with Crippen LogP contribution in [0.2, 0.25) is 0 Å². The molecule has 1 N–H and O–H groups in total. The van der Waals surface area contributed by atoms with Crippen LogP contribution >= 0.6 is 0 Å². The van der Waals surface area contributed by atoms with E-state index in [0.717, 1.165) is 24.7 Å². The number of hydrogen-bond donors (Lipinski definition) is 1. The molecule has 1 saturated heterocycles. The van der Waals surface area contributed by atoms with Crippen LogP contribution in [0.5, 0.6) is 0 Å². The van der Waals surface area contributed by atoms with Crippen molar-refractivity contribution >= 4 is 5.82 Å². The van der Waals surface area contributed by atoms with Crippen LogP contribution in [-0.2, 0) is 0 Å². The summed E-state index contributed by atoms with van der Waals surface area (Å²) < 4.78 is 0. The molecular weight excluding hydrogens is 234 g/mol. The Morgan fingerprint density at radius 3 is 2.89 bits per heavy atom. The van der Waals surface area contributed by atoms with E-state index in [1.807, 2.05) is 0 Å². The van der Waals surface area contributed by atoms with Gasteiger partial charge in [0.2, 0.25) is 0 Å². The lowest BCUT2D eigenvalue weighted by atomic mass is 10.1. The Labute approximate surface area is 117 Å². The smallest absolute Gasteiger partial charge is 0.125 e. The van der Waals surface area contributed by atoms with Crippen LogP contribution in [0.25, 0.3) is 0 Å². The topological polar surface area (TPSA) is 28.2 Å². The second-order valence-corrected chi connectivity index (χ2v) is 5.95. The number of aromatic nitrogens is 1. The Hall–Kier alpha value is -1.09. The van der Waals surface area contributed by atoms with Gasteiger partial charge in [-0.05, 0) is 43.4 Å². The minimum absolute atomic E-state index is 0.579. The van der Waals surface area contributed by atoms with Crippen molar-refractivity contribution < 1.29 is 0 Å². The molecule has 0 bridgehead atoms. The fraction of sp³-hybridized carbons (Fsp3) is 0.688. The molecule has 106 valence electrons. The number of nitrogens with zero attached hydrogens (tertiary/aromatic N) is 2. The Morgan fingerprint density at radius 1 is 1.42 bits per heavy atom. The third-order valence-corrected chi connectivity index (χ3v) is 3.69. The van der Waals surface area contributed by atoms with Crippen LogP contribution in [-0.4, -0.2) is 29.5 Å². The largest absolute Gasteiger partial charge is 0.370 e. The van der Waals surface area contributed by atoms with E-state index in [1.54, 1.807) is 0 Å². The minimum atomic E-state index is 0.579. The summed E-state index contributed by atoms with van der Waals surface area (Å²) in [7, 11) is 0. The highest BCUT2D eigenvalue weighted by Gasteiger charge is 2.26. The van der Waals surface area contributed by atoms with Gasteiger partial charge in [-0.1, -0.05) is 26.8 Å². The molecule has 0 amide bonds. The van der Waals surface area contributed by atoms with Gasteiger partial charge in [-0.2, -0.15) is 0 Å². The van der Waals surface area contributed by atoms with Gasteiger partial charge in [0.25, 0.3) is 0 Å². The SMILES string of the molecule is CCCNc1ccc([C@@H]2CCCN2CC(C)C)cn1. The van der Waals surface area contributed by atoms with Crippen LogP contribution < -0.4 is 5.32 Å². The summed E-state index contributed by atoms with van der Waals surface area (Å²) in [5.41, 5.74) is 1.38. The summed E-state index contributed by atoms with van der Waals surface area (Å²) in [5, 5.41) is 3.33. The van der Waals surface area contributed by atoms with E-state index in [9.17, 15) is 0 Å². The van der Waals surface area contributed by atoms with Crippen molar-refractivity contribution in [3.8, 4) is 0 Å². The predicted molar refractivity (Wildman–Crippen MR) is 81.4 cm³/mol. The molecular formula is C16H27N3. The first-order chi connectivity index (χ1) is 9.20. The molecule has 1 aliphatic rings. The van der Waals surface area contributed by atoms with Crippen molar-refractivity contribution in [3.63, 3.8) is 0 Å². The Balaban J connectivity index is 2.00. The molecule has 1 atom stereocenters. The zero-order valence-corrected chi connectivity index (χ0v) is 12.5. The van der Waals surface area contributed by atoms with Crippen LogP contribution in [0.15, 0.2) is 18.3 Å². The third kappa shape index (κ3) is 3.93. The minimum Gasteiger partial charge on any atom is -0.370 e. The van der Waals surface area contributed by atoms with Crippen LogP contribution in [0, 0.1) is 5.92 Å². The fourth-order valence-electron chi connectivity index (χ4n) is 2.85. The summed E-state index contributed by atoms with van der Waals surface area (Å²) in [6.07, 6.45) is 5.78. The van der Waals surface area contributed by atoms with Crippen LogP contribution in [0.1, 0.15) is 51.6 Å². The van der Waals surface area contributed by atoms with Crippen molar-refractivity contribution in [2.45, 2.75) is 46.1 Å². The Bertz CT molecular complexity index is 372. The number of rotatable bonds is 6. The lowest BCUT2D eigenvalue weighted by molar-refractivity contribution is 0.228. The highest BCUT2D eigenvalue weighted by atomic mass is 15.2. The van der Waals surface area contributed by atoms with Gasteiger partial charge in [0.1, 0.15) is 5.82 Å². The molecule has 1 aromatic rings. The molecule has 1 aliphatic heterocycles. The molecule has 0 aliphatic carbocycles. The number of pyridine rings is 1. The maximum Gasteiger partial charge on any atom is 0.125 e. The number of nitrogens with one attached hydrogen (secondary N) is 1. The molecule has 3 heteroatoms. The molecule has 0 unspecified atom stereocenters. The summed E-state index contributed by atoms with van der Waals surface area (Å²) in [5.74, 6) is 1.73. The van der Waals surface area contributed by atoms with Gasteiger partial charge in [-0.25, -0.2) is 4.98 Å². The van der Waals surface area contributed by atoms with Crippen molar-refractivity contribution in [1.82, 2.24) is 9.88 Å². The highest BCUT2D eigenvalue weighted by molar-refractivity contribution is 5.36. The summed E-state index contributed by atoms with van der Waals surface area (Å²) in [6, 6.07) is 4.95. The first-order valence-corrected chi connectivity index (χ1v) is 7.64. The number of anilines is 1. The summed E-state index contributed by atoms with van der Waals surface area (Å²) in [6.45, 7) is 10.2. The maximum atomic E-state index is 4.54. The van der Waals surface area contributed by atoms with E-state index in [-0.39, 0.29) is 0 Å². The molecule has 0 radical (unpaired) electrons. The van der Waals surface area contributed by atoms with Gasteiger partial charge in [0, 0.05) is 25.3 Å². The van der Waals surface area contributed by atoms with Gasteiger partial charge in [0.05, 0.1) is 0 Å². The van der Waals surface area contributed by atoms with E-state index in [2.05, 4.69) is 54.3 Å². The molecule has 3 nitrogen and oxygen atoms in total. The second kappa shape index (κ2) is 6.90. The zero-order chi connectivity index (χ0) is 13.7. The number of hydrogen-bond acceptors (Lipinski definition) is 3. The zero-order valence-electron chi connectivity index (χ0n) is 12.5. The second-order valence-electron chi connectivity index (χ2n) is 5.95. The van der Waals surface area contributed by atoms with Crippen LogP contribution in [0.4, 0.5) is 5.82 Å². The van der Waals surface area contributed by atoms with Crippen molar-refractivity contribution in [2.75, 3.05) is 25.0 Å². The van der Waals surface area contributed by atoms with E-state index in [4.69, 9.17) is 0 Å². The molecule has 1 fully saturated rings. The van der Waals surface area contributed by atoms with Gasteiger partial charge < -0.3 is 5.32 Å². The van der Waals surface area contributed by atoms with Gasteiger partial charge in [0.15, 0.2) is 0 Å². The first-order valence-electron chi connectivity index (χ1n) is 7.64. The molecule has 1 aromatic heterocycles. The lowest BCUT2D eigenvalue weighted by Crippen LogP contribution is -2.27. The first kappa shape index (κ1) is 14.3. The van der Waals surface area contributed by atoms with Gasteiger partial charge in [-0.3, -0.25) is 4.90 Å². The van der Waals surface area contributed by atoms with E-state index in [0.29, 0.717) is 6.04 Å². The average Bonchev–Trinajstić information content (AvgIpc) is 2.84. The normalized spacial score (nSPS) is 20.1. The monoisotopic (exact) mass is 261 g/mol. The highest BCUT2D eigenvalue weighted by Crippen LogP contribution is 2.32. The Morgan fingerprint density at radius 2 is 2.26 bits per heavy atom. The lowest BCUT2D eigenvalue weighted by Gasteiger charge is -2.26. The van der Waals surface area contributed by atoms with E-state index < -0.39 is 0 Å². The summed E-state index contributed by atoms with van der Waals surface area (Å²) >= 11 is 0. The van der Waals surface area contributed by atoms with E-state index in [1.165, 1.54) is 31.5 Å². The maximum absolute atomic E-state index is 4.54. The fourth-order valence-corrected chi connectivity index (χ4v) is 2.85. The van der Waals surface area contributed by atoms with Crippen LogP contribution in [0.3, 0.4) is 0 Å². The van der Waals surface area contributed by atoms with E-state index >= 15 is 0 Å². The van der Waals surface area contributed by atoms with Crippen molar-refractivity contribution in [3.05, 3.63) is 23.9 Å². The summed E-state index contributed by atoms with van der Waals surface area (Å²) in [4.78, 5) is 7.15. The molecule has 0 saturated carbocycles. The Kier molecular flexibility index (Phi) is 5.20. The van der Waals surface area contributed by atoms with Crippen molar-refractivity contribution in [1.29, 1.82) is 0 Å².